The van der Waals surface area contributed by atoms with Crippen LogP contribution in [0.15, 0.2) is 18.2 Å². The van der Waals surface area contributed by atoms with Crippen molar-refractivity contribution < 1.29 is 18.0 Å². The number of anilines is 2. The molecule has 1 aromatic carbocycles. The molecule has 0 bridgehead atoms. The number of rotatable bonds is 4. The minimum Gasteiger partial charge on any atom is -0.399 e. The van der Waals surface area contributed by atoms with Gasteiger partial charge in [0, 0.05) is 38.4 Å². The monoisotopic (exact) mass is 275 g/mol. The molecule has 0 aliphatic rings. The van der Waals surface area contributed by atoms with Gasteiger partial charge in [-0.15, -0.1) is 0 Å². The average molecular weight is 275 g/mol. The highest BCUT2D eigenvalue weighted by Gasteiger charge is 2.33. The second-order valence-corrected chi connectivity index (χ2v) is 4.27. The summed E-state index contributed by atoms with van der Waals surface area (Å²) in [5.41, 5.74) is 4.49. The molecular weight excluding hydrogens is 259 g/mol. The molecule has 0 saturated carbocycles. The summed E-state index contributed by atoms with van der Waals surface area (Å²) in [5, 5.41) is 2.61. The summed E-state index contributed by atoms with van der Waals surface area (Å²) in [5.74, 6) is -0.156. The smallest absolute Gasteiger partial charge is 0.399 e. The van der Waals surface area contributed by atoms with Gasteiger partial charge in [-0.1, -0.05) is 0 Å². The number of alkyl halides is 3. The van der Waals surface area contributed by atoms with Gasteiger partial charge in [-0.25, -0.2) is 0 Å². The van der Waals surface area contributed by atoms with Crippen LogP contribution in [-0.4, -0.2) is 31.4 Å². The minimum absolute atomic E-state index is 0.0437. The summed E-state index contributed by atoms with van der Waals surface area (Å²) in [4.78, 5) is 12.7. The van der Waals surface area contributed by atoms with Crippen LogP contribution in [0, 0.1) is 0 Å². The first-order chi connectivity index (χ1) is 8.71. The molecule has 4 nitrogen and oxygen atoms in total. The molecule has 7 heteroatoms. The Morgan fingerprint density at radius 1 is 1.37 bits per heavy atom. The maximum Gasteiger partial charge on any atom is 0.418 e. The molecule has 0 aliphatic heterocycles. The summed E-state index contributed by atoms with van der Waals surface area (Å²) in [6.07, 6.45) is -4.36. The van der Waals surface area contributed by atoms with Crippen molar-refractivity contribution in [2.75, 3.05) is 31.7 Å². The zero-order chi connectivity index (χ0) is 14.6. The molecule has 1 aromatic rings. The first-order valence-corrected chi connectivity index (χ1v) is 5.62. The average Bonchev–Trinajstić information content (AvgIpc) is 2.29. The fourth-order valence-corrected chi connectivity index (χ4v) is 1.48. The molecule has 0 atom stereocenters. The van der Waals surface area contributed by atoms with Gasteiger partial charge in [-0.05, 0) is 18.2 Å². The normalized spacial score (nSPS) is 11.2. The highest BCUT2D eigenvalue weighted by molar-refractivity contribution is 5.76. The lowest BCUT2D eigenvalue weighted by molar-refractivity contribution is -0.136. The Bertz CT molecular complexity index is 458. The van der Waals surface area contributed by atoms with Crippen molar-refractivity contribution in [3.05, 3.63) is 23.8 Å². The summed E-state index contributed by atoms with van der Waals surface area (Å²) < 4.78 is 38.3. The Morgan fingerprint density at radius 2 is 2.00 bits per heavy atom. The fraction of sp³-hybridized carbons (Fsp3) is 0.417. The molecule has 1 rings (SSSR count). The topological polar surface area (TPSA) is 58.4 Å². The molecule has 0 heterocycles. The number of nitrogens with one attached hydrogen (secondary N) is 1. The van der Waals surface area contributed by atoms with Crippen LogP contribution in [0.25, 0.3) is 0 Å². The Balaban J connectivity index is 2.76. The van der Waals surface area contributed by atoms with Crippen LogP contribution < -0.4 is 11.1 Å². The summed E-state index contributed by atoms with van der Waals surface area (Å²) >= 11 is 0. The number of nitrogens with zero attached hydrogens (tertiary/aromatic N) is 1. The fourth-order valence-electron chi connectivity index (χ4n) is 1.48. The van der Waals surface area contributed by atoms with E-state index < -0.39 is 11.7 Å². The lowest BCUT2D eigenvalue weighted by Crippen LogP contribution is -2.24. The quantitative estimate of drug-likeness (QED) is 0.828. The van der Waals surface area contributed by atoms with Crippen LogP contribution in [0.3, 0.4) is 0 Å². The van der Waals surface area contributed by atoms with E-state index in [-0.39, 0.29) is 30.2 Å². The van der Waals surface area contributed by atoms with Crippen LogP contribution >= 0.6 is 0 Å². The van der Waals surface area contributed by atoms with Gasteiger partial charge in [0.05, 0.1) is 5.56 Å². The number of hydrogen-bond acceptors (Lipinski definition) is 3. The minimum atomic E-state index is -4.48. The first-order valence-electron chi connectivity index (χ1n) is 5.62. The molecule has 0 unspecified atom stereocenters. The number of nitrogens with two attached hydrogens (primary N) is 1. The molecule has 0 spiro atoms. The molecule has 106 valence electrons. The van der Waals surface area contributed by atoms with Crippen molar-refractivity contribution in [3.8, 4) is 0 Å². The van der Waals surface area contributed by atoms with Crippen LogP contribution in [0.5, 0.6) is 0 Å². The molecule has 1 amide bonds. The summed E-state index contributed by atoms with van der Waals surface area (Å²) in [6, 6.07) is 3.51. The molecule has 3 N–H and O–H groups in total. The molecule has 19 heavy (non-hydrogen) atoms. The molecule has 0 aliphatic carbocycles. The van der Waals surface area contributed by atoms with E-state index in [1.807, 2.05) is 0 Å². The van der Waals surface area contributed by atoms with Gasteiger partial charge < -0.3 is 16.0 Å². The number of carbonyl (C=O) groups excluding carboxylic acids is 1. The molecule has 0 saturated heterocycles. The highest BCUT2D eigenvalue weighted by atomic mass is 19.4. The molecule has 0 fully saturated rings. The van der Waals surface area contributed by atoms with E-state index in [0.717, 1.165) is 6.07 Å². The van der Waals surface area contributed by atoms with Gasteiger partial charge in [-0.3, -0.25) is 4.79 Å². The number of amides is 1. The molecular formula is C12H16F3N3O. The highest BCUT2D eigenvalue weighted by Crippen LogP contribution is 2.35. The van der Waals surface area contributed by atoms with Crippen LogP contribution in [-0.2, 0) is 11.0 Å². The van der Waals surface area contributed by atoms with Crippen molar-refractivity contribution in [2.45, 2.75) is 12.6 Å². The van der Waals surface area contributed by atoms with E-state index in [0.29, 0.717) is 0 Å². The third kappa shape index (κ3) is 4.35. The van der Waals surface area contributed by atoms with Gasteiger partial charge >= 0.3 is 6.18 Å². The Labute approximate surface area is 109 Å². The predicted octanol–water partition coefficient (Wildman–Crippen LogP) is 2.18. The Kier molecular flexibility index (Phi) is 4.63. The van der Waals surface area contributed by atoms with Gasteiger partial charge in [-0.2, -0.15) is 13.2 Å². The van der Waals surface area contributed by atoms with Crippen molar-refractivity contribution in [2.24, 2.45) is 0 Å². The zero-order valence-corrected chi connectivity index (χ0v) is 10.7. The largest absolute Gasteiger partial charge is 0.418 e. The zero-order valence-electron chi connectivity index (χ0n) is 10.7. The van der Waals surface area contributed by atoms with E-state index in [2.05, 4.69) is 5.32 Å². The second kappa shape index (κ2) is 5.81. The number of benzene rings is 1. The van der Waals surface area contributed by atoms with Crippen molar-refractivity contribution in [1.29, 1.82) is 0 Å². The maximum atomic E-state index is 12.8. The van der Waals surface area contributed by atoms with E-state index in [1.165, 1.54) is 17.0 Å². The van der Waals surface area contributed by atoms with Crippen LogP contribution in [0.2, 0.25) is 0 Å². The maximum absolute atomic E-state index is 12.8. The second-order valence-electron chi connectivity index (χ2n) is 4.27. The third-order valence-electron chi connectivity index (χ3n) is 2.50. The van der Waals surface area contributed by atoms with Crippen molar-refractivity contribution in [1.82, 2.24) is 4.90 Å². The standard InChI is InChI=1S/C12H16F3N3O/c1-18(2)11(19)5-6-17-10-4-3-8(16)7-9(10)12(13,14)15/h3-4,7,17H,5-6,16H2,1-2H3. The van der Waals surface area contributed by atoms with E-state index in [1.54, 1.807) is 14.1 Å². The number of carbonyl (C=O) groups is 1. The third-order valence-corrected chi connectivity index (χ3v) is 2.50. The number of nitrogen functional groups attached to an aromatic ring is 1. The lowest BCUT2D eigenvalue weighted by Gasteiger charge is -2.16. The van der Waals surface area contributed by atoms with E-state index in [4.69, 9.17) is 5.73 Å². The summed E-state index contributed by atoms with van der Waals surface area (Å²) in [6.45, 7) is 0.129. The van der Waals surface area contributed by atoms with E-state index in [9.17, 15) is 18.0 Å². The molecule has 0 aromatic heterocycles. The van der Waals surface area contributed by atoms with Gasteiger partial charge in [0.15, 0.2) is 0 Å². The first kappa shape index (κ1) is 15.1. The van der Waals surface area contributed by atoms with Gasteiger partial charge in [0.2, 0.25) is 5.91 Å². The number of halogens is 3. The number of hydrogen-bond donors (Lipinski definition) is 2. The van der Waals surface area contributed by atoms with Gasteiger partial charge in [0.1, 0.15) is 0 Å². The SMILES string of the molecule is CN(C)C(=O)CCNc1ccc(N)cc1C(F)(F)F. The van der Waals surface area contributed by atoms with Crippen molar-refractivity contribution >= 4 is 17.3 Å². The Hall–Kier alpha value is -1.92. The van der Waals surface area contributed by atoms with E-state index >= 15 is 0 Å². The van der Waals surface area contributed by atoms with Crippen LogP contribution in [0.4, 0.5) is 24.5 Å². The lowest BCUT2D eigenvalue weighted by atomic mass is 10.1. The van der Waals surface area contributed by atoms with Crippen LogP contribution in [0.1, 0.15) is 12.0 Å². The van der Waals surface area contributed by atoms with Gasteiger partial charge in [0.25, 0.3) is 0 Å². The predicted molar refractivity (Wildman–Crippen MR) is 67.7 cm³/mol. The molecule has 0 radical (unpaired) electrons. The summed E-state index contributed by atoms with van der Waals surface area (Å²) in [7, 11) is 3.18. The Morgan fingerprint density at radius 3 is 2.53 bits per heavy atom. The van der Waals surface area contributed by atoms with Crippen molar-refractivity contribution in [3.63, 3.8) is 0 Å².